The van der Waals surface area contributed by atoms with Crippen LogP contribution in [0.5, 0.6) is 0 Å². The van der Waals surface area contributed by atoms with E-state index in [0.29, 0.717) is 61.7 Å². The molecule has 0 aliphatic carbocycles. The molecule has 4 aromatic heterocycles. The Balaban J connectivity index is 1.63. The lowest BCUT2D eigenvalue weighted by Crippen LogP contribution is -2.25. The summed E-state index contributed by atoms with van der Waals surface area (Å²) in [4.78, 5) is 40.7. The predicted molar refractivity (Wildman–Crippen MR) is 162 cm³/mol. The Bertz CT molecular complexity index is 2150. The number of pyridine rings is 2. The number of nitrogens with one attached hydrogen (secondary N) is 3. The van der Waals surface area contributed by atoms with Crippen molar-refractivity contribution in [3.63, 3.8) is 0 Å². The van der Waals surface area contributed by atoms with Crippen molar-refractivity contribution < 1.29 is 17.6 Å². The highest BCUT2D eigenvalue weighted by Crippen LogP contribution is 2.41. The molecule has 0 saturated heterocycles. The lowest BCUT2D eigenvalue weighted by Gasteiger charge is -2.20. The number of imidazole rings is 1. The van der Waals surface area contributed by atoms with Crippen molar-refractivity contribution in [2.45, 2.75) is 6.92 Å². The standard InChI is InChI=1S/C30H26N6O5S/c1-16-7-9-17(10-8-16)26-25(30(38)31-2)20-13-19(23(14-24(20)41-26)36(3)42(4,39)40)18-12-21(29(37)33-15-18)27-34-22-6-5-11-32-28(22)35-27/h5-15H,1-4H3,(H,31,38)(H,33,37)(H,32,34,35). The van der Waals surface area contributed by atoms with Gasteiger partial charge in [0, 0.05) is 54.6 Å². The van der Waals surface area contributed by atoms with Crippen LogP contribution in [0.2, 0.25) is 0 Å². The van der Waals surface area contributed by atoms with Gasteiger partial charge in [-0.3, -0.25) is 13.9 Å². The molecule has 42 heavy (non-hydrogen) atoms. The van der Waals surface area contributed by atoms with Gasteiger partial charge in [-0.05, 0) is 31.2 Å². The van der Waals surface area contributed by atoms with Crippen LogP contribution < -0.4 is 15.2 Å². The van der Waals surface area contributed by atoms with E-state index in [0.717, 1.165) is 16.1 Å². The highest BCUT2D eigenvalue weighted by Gasteiger charge is 2.26. The third kappa shape index (κ3) is 4.61. The fourth-order valence-corrected chi connectivity index (χ4v) is 5.36. The number of carbonyl (C=O) groups is 1. The molecule has 0 atom stereocenters. The smallest absolute Gasteiger partial charge is 0.259 e. The number of benzene rings is 2. The van der Waals surface area contributed by atoms with Gasteiger partial charge in [0.05, 0.1) is 28.6 Å². The minimum atomic E-state index is -3.71. The summed E-state index contributed by atoms with van der Waals surface area (Å²) < 4.78 is 32.8. The van der Waals surface area contributed by atoms with Gasteiger partial charge >= 0.3 is 0 Å². The zero-order valence-electron chi connectivity index (χ0n) is 23.1. The van der Waals surface area contributed by atoms with E-state index in [1.807, 2.05) is 31.2 Å². The average Bonchev–Trinajstić information content (AvgIpc) is 3.57. The number of fused-ring (bicyclic) bond motifs is 2. The van der Waals surface area contributed by atoms with E-state index in [1.54, 1.807) is 36.5 Å². The number of amides is 1. The third-order valence-electron chi connectivity index (χ3n) is 7.14. The molecule has 0 bridgehead atoms. The first-order chi connectivity index (χ1) is 20.0. The fraction of sp³-hybridized carbons (Fsp3) is 0.133. The second-order valence-electron chi connectivity index (χ2n) is 9.94. The molecule has 11 nitrogen and oxygen atoms in total. The number of hydrogen-bond donors (Lipinski definition) is 3. The summed E-state index contributed by atoms with van der Waals surface area (Å²) in [6.45, 7) is 1.96. The number of nitrogens with zero attached hydrogens (tertiary/aromatic N) is 3. The average molecular weight is 583 g/mol. The molecule has 0 spiro atoms. The molecule has 212 valence electrons. The van der Waals surface area contributed by atoms with E-state index in [-0.39, 0.29) is 11.5 Å². The lowest BCUT2D eigenvalue weighted by atomic mass is 9.98. The Morgan fingerprint density at radius 3 is 2.50 bits per heavy atom. The van der Waals surface area contributed by atoms with Crippen molar-refractivity contribution in [2.24, 2.45) is 0 Å². The molecule has 4 heterocycles. The molecular weight excluding hydrogens is 556 g/mol. The maximum atomic E-state index is 13.2. The Morgan fingerprint density at radius 1 is 1.05 bits per heavy atom. The van der Waals surface area contributed by atoms with E-state index in [2.05, 4.69) is 25.3 Å². The van der Waals surface area contributed by atoms with Crippen LogP contribution in [0.4, 0.5) is 5.69 Å². The zero-order chi connectivity index (χ0) is 29.8. The number of aryl methyl sites for hydroxylation is 1. The summed E-state index contributed by atoms with van der Waals surface area (Å²) in [5, 5.41) is 3.16. The highest BCUT2D eigenvalue weighted by atomic mass is 32.2. The van der Waals surface area contributed by atoms with Gasteiger partial charge in [-0.2, -0.15) is 0 Å². The van der Waals surface area contributed by atoms with Gasteiger partial charge < -0.3 is 19.7 Å². The first-order valence-electron chi connectivity index (χ1n) is 12.9. The minimum Gasteiger partial charge on any atom is -0.455 e. The monoisotopic (exact) mass is 582 g/mol. The first kappa shape index (κ1) is 27.0. The van der Waals surface area contributed by atoms with Gasteiger partial charge in [-0.25, -0.2) is 18.4 Å². The quantitative estimate of drug-likeness (QED) is 0.262. The number of anilines is 1. The SMILES string of the molecule is CNC(=O)c1c(-c2ccc(C)cc2)oc2cc(N(C)S(C)(=O)=O)c(-c3c[nH]c(=O)c(-c4nc5ncccc5[nH]4)c3)cc12. The second-order valence-corrected chi connectivity index (χ2v) is 12.0. The maximum absolute atomic E-state index is 13.2. The largest absolute Gasteiger partial charge is 0.455 e. The number of furan rings is 1. The molecule has 6 rings (SSSR count). The maximum Gasteiger partial charge on any atom is 0.259 e. The van der Waals surface area contributed by atoms with Crippen molar-refractivity contribution in [3.8, 4) is 33.8 Å². The Labute approximate surface area is 240 Å². The van der Waals surface area contributed by atoms with Crippen LogP contribution in [0.1, 0.15) is 15.9 Å². The van der Waals surface area contributed by atoms with Crippen LogP contribution in [0, 0.1) is 6.92 Å². The summed E-state index contributed by atoms with van der Waals surface area (Å²) in [6.07, 6.45) is 4.19. The van der Waals surface area contributed by atoms with E-state index in [4.69, 9.17) is 4.42 Å². The Kier molecular flexibility index (Phi) is 6.42. The first-order valence-corrected chi connectivity index (χ1v) is 14.8. The molecule has 1 amide bonds. The minimum absolute atomic E-state index is 0.234. The molecule has 6 aromatic rings. The molecule has 3 N–H and O–H groups in total. The van der Waals surface area contributed by atoms with Crippen LogP contribution in [0.3, 0.4) is 0 Å². The number of H-pyrrole nitrogens is 2. The van der Waals surface area contributed by atoms with Crippen LogP contribution in [0.25, 0.3) is 56.0 Å². The van der Waals surface area contributed by atoms with Crippen LogP contribution in [-0.4, -0.2) is 54.6 Å². The molecule has 0 fully saturated rings. The zero-order valence-corrected chi connectivity index (χ0v) is 24.0. The summed E-state index contributed by atoms with van der Waals surface area (Å²) in [7, 11) is -0.748. The van der Waals surface area contributed by atoms with Crippen molar-refractivity contribution in [1.82, 2.24) is 25.3 Å². The summed E-state index contributed by atoms with van der Waals surface area (Å²) in [5.74, 6) is 0.296. The Morgan fingerprint density at radius 2 is 1.81 bits per heavy atom. The summed E-state index contributed by atoms with van der Waals surface area (Å²) >= 11 is 0. The summed E-state index contributed by atoms with van der Waals surface area (Å²) in [6, 6.07) is 16.0. The van der Waals surface area contributed by atoms with Gasteiger partial charge in [0.15, 0.2) is 5.65 Å². The molecule has 0 aliphatic heterocycles. The number of sulfonamides is 1. The van der Waals surface area contributed by atoms with Crippen LogP contribution >= 0.6 is 0 Å². The molecule has 0 saturated carbocycles. The van der Waals surface area contributed by atoms with Crippen molar-refractivity contribution in [3.05, 3.63) is 88.5 Å². The van der Waals surface area contributed by atoms with Crippen molar-refractivity contribution >= 4 is 43.8 Å². The molecule has 12 heteroatoms. The van der Waals surface area contributed by atoms with E-state index < -0.39 is 15.6 Å². The Hall–Kier alpha value is -5.23. The predicted octanol–water partition coefficient (Wildman–Crippen LogP) is 4.46. The van der Waals surface area contributed by atoms with E-state index in [1.165, 1.54) is 20.3 Å². The van der Waals surface area contributed by atoms with Gasteiger partial charge in [0.2, 0.25) is 10.0 Å². The van der Waals surface area contributed by atoms with Gasteiger partial charge in [-0.15, -0.1) is 0 Å². The van der Waals surface area contributed by atoms with Gasteiger partial charge in [0.25, 0.3) is 11.5 Å². The van der Waals surface area contributed by atoms with Crippen LogP contribution in [-0.2, 0) is 10.0 Å². The number of carbonyl (C=O) groups excluding carboxylic acids is 1. The molecular formula is C30H26N6O5S. The van der Waals surface area contributed by atoms with Crippen molar-refractivity contribution in [1.29, 1.82) is 0 Å². The lowest BCUT2D eigenvalue weighted by molar-refractivity contribution is 0.0964. The third-order valence-corrected chi connectivity index (χ3v) is 8.33. The molecule has 0 radical (unpaired) electrons. The van der Waals surface area contributed by atoms with Crippen LogP contribution in [0.15, 0.2) is 76.2 Å². The molecule has 2 aromatic carbocycles. The van der Waals surface area contributed by atoms with Gasteiger partial charge in [0.1, 0.15) is 17.2 Å². The topological polar surface area (TPSA) is 154 Å². The van der Waals surface area contributed by atoms with E-state index >= 15 is 0 Å². The van der Waals surface area contributed by atoms with Crippen molar-refractivity contribution in [2.75, 3.05) is 24.7 Å². The number of aromatic amines is 2. The number of hydrogen-bond acceptors (Lipinski definition) is 7. The normalized spacial score (nSPS) is 11.7. The second kappa shape index (κ2) is 10.00. The van der Waals surface area contributed by atoms with E-state index in [9.17, 15) is 18.0 Å². The number of rotatable bonds is 6. The highest BCUT2D eigenvalue weighted by molar-refractivity contribution is 7.92. The number of aromatic nitrogens is 4. The molecule has 0 unspecified atom stereocenters. The fourth-order valence-electron chi connectivity index (χ4n) is 4.85. The summed E-state index contributed by atoms with van der Waals surface area (Å²) in [5.41, 5.74) is 4.56. The molecule has 0 aliphatic rings. The van der Waals surface area contributed by atoms with Gasteiger partial charge in [-0.1, -0.05) is 29.8 Å².